The molecule has 4 heteroatoms. The summed E-state index contributed by atoms with van der Waals surface area (Å²) in [6.45, 7) is 0. The van der Waals surface area contributed by atoms with Gasteiger partial charge in [0.15, 0.2) is 0 Å². The zero-order chi connectivity index (χ0) is 10.9. The van der Waals surface area contributed by atoms with E-state index < -0.39 is 15.7 Å². The lowest BCUT2D eigenvalue weighted by Gasteiger charge is -2.14. The fourth-order valence-corrected chi connectivity index (χ4v) is 2.59. The van der Waals surface area contributed by atoms with Gasteiger partial charge in [-0.25, -0.2) is 0 Å². The Morgan fingerprint density at radius 3 is 2.33 bits per heavy atom. The lowest BCUT2D eigenvalue weighted by atomic mass is 10.1. The maximum Gasteiger partial charge on any atom is 0.264 e. The van der Waals surface area contributed by atoms with Gasteiger partial charge >= 0.3 is 0 Å². The third kappa shape index (κ3) is 3.04. The monoisotopic (exact) mass is 226 g/mol. The van der Waals surface area contributed by atoms with Crippen molar-refractivity contribution in [3.8, 4) is 0 Å². The first-order valence-corrected chi connectivity index (χ1v) is 6.75. The second-order valence-electron chi connectivity index (χ2n) is 4.13. The zero-order valence-electron chi connectivity index (χ0n) is 8.64. The minimum absolute atomic E-state index is 0.449. The second kappa shape index (κ2) is 3.61. The molecule has 1 saturated carbocycles. The average molecular weight is 226 g/mol. The Bertz CT molecular complexity index is 432. The molecular formula is C11H14O3S. The molecule has 0 spiro atoms. The Morgan fingerprint density at radius 1 is 1.27 bits per heavy atom. The fraction of sp³-hybridized carbons (Fsp3) is 0.455. The van der Waals surface area contributed by atoms with Crippen molar-refractivity contribution in [1.29, 1.82) is 0 Å². The summed E-state index contributed by atoms with van der Waals surface area (Å²) < 4.78 is 27.2. The van der Waals surface area contributed by atoms with E-state index in [1.54, 1.807) is 0 Å². The highest BCUT2D eigenvalue weighted by Crippen LogP contribution is 2.43. The first kappa shape index (κ1) is 10.6. The first-order chi connectivity index (χ1) is 6.99. The number of hydrogen-bond acceptors (Lipinski definition) is 3. The first-order valence-electron chi connectivity index (χ1n) is 4.94. The number of benzene rings is 1. The maximum atomic E-state index is 11.1. The molecule has 2 rings (SSSR count). The van der Waals surface area contributed by atoms with Crippen LogP contribution in [0.5, 0.6) is 0 Å². The van der Waals surface area contributed by atoms with E-state index in [0.29, 0.717) is 6.42 Å². The largest absolute Gasteiger partial charge is 0.264 e. The molecule has 1 aliphatic carbocycles. The minimum Gasteiger partial charge on any atom is -0.263 e. The van der Waals surface area contributed by atoms with E-state index in [2.05, 4.69) is 0 Å². The van der Waals surface area contributed by atoms with E-state index in [1.165, 1.54) is 0 Å². The number of hydrogen-bond donors (Lipinski definition) is 0. The van der Waals surface area contributed by atoms with Crippen LogP contribution in [-0.2, 0) is 20.7 Å². The normalized spacial score (nSPS) is 18.7. The molecule has 0 heterocycles. The molecule has 0 aliphatic heterocycles. The third-order valence-corrected chi connectivity index (χ3v) is 3.16. The van der Waals surface area contributed by atoms with Gasteiger partial charge in [0.2, 0.25) is 0 Å². The summed E-state index contributed by atoms with van der Waals surface area (Å²) in [6.07, 6.45) is 3.45. The highest BCUT2D eigenvalue weighted by atomic mass is 32.2. The molecule has 3 nitrogen and oxygen atoms in total. The molecule has 1 aromatic carbocycles. The molecule has 0 unspecified atom stereocenters. The molecular weight excluding hydrogens is 212 g/mol. The van der Waals surface area contributed by atoms with Gasteiger partial charge in [-0.15, -0.1) is 0 Å². The molecule has 0 aromatic heterocycles. The predicted octanol–water partition coefficient (Wildman–Crippen LogP) is 1.74. The van der Waals surface area contributed by atoms with Gasteiger partial charge in [0.25, 0.3) is 10.1 Å². The van der Waals surface area contributed by atoms with Crippen molar-refractivity contribution in [2.24, 2.45) is 0 Å². The molecule has 0 N–H and O–H groups in total. The Labute approximate surface area is 90.2 Å². The zero-order valence-corrected chi connectivity index (χ0v) is 9.46. The summed E-state index contributed by atoms with van der Waals surface area (Å²) in [5, 5.41) is 0. The van der Waals surface area contributed by atoms with Crippen molar-refractivity contribution in [1.82, 2.24) is 0 Å². The van der Waals surface area contributed by atoms with Gasteiger partial charge in [-0.3, -0.25) is 4.18 Å². The van der Waals surface area contributed by atoms with Crippen LogP contribution in [0.4, 0.5) is 0 Å². The molecule has 1 aliphatic rings. The van der Waals surface area contributed by atoms with Crippen LogP contribution in [0.1, 0.15) is 18.4 Å². The topological polar surface area (TPSA) is 43.4 Å². The van der Waals surface area contributed by atoms with Gasteiger partial charge in [-0.05, 0) is 18.4 Å². The van der Waals surface area contributed by atoms with E-state index >= 15 is 0 Å². The average Bonchev–Trinajstić information content (AvgIpc) is 2.83. The summed E-state index contributed by atoms with van der Waals surface area (Å²) >= 11 is 0. The van der Waals surface area contributed by atoms with Gasteiger partial charge < -0.3 is 0 Å². The summed E-state index contributed by atoms with van der Waals surface area (Å²) in [4.78, 5) is 0. The van der Waals surface area contributed by atoms with E-state index in [0.717, 1.165) is 24.7 Å². The van der Waals surface area contributed by atoms with Crippen LogP contribution in [0, 0.1) is 0 Å². The van der Waals surface area contributed by atoms with Gasteiger partial charge in [-0.1, -0.05) is 30.3 Å². The highest BCUT2D eigenvalue weighted by molar-refractivity contribution is 7.86. The van der Waals surface area contributed by atoms with Crippen molar-refractivity contribution in [2.45, 2.75) is 24.9 Å². The molecule has 15 heavy (non-hydrogen) atoms. The van der Waals surface area contributed by atoms with Gasteiger partial charge in [-0.2, -0.15) is 8.42 Å². The summed E-state index contributed by atoms with van der Waals surface area (Å²) in [5.74, 6) is 0. The molecule has 1 aromatic rings. The van der Waals surface area contributed by atoms with E-state index in [4.69, 9.17) is 4.18 Å². The number of rotatable bonds is 4. The van der Waals surface area contributed by atoms with E-state index in [1.807, 2.05) is 30.3 Å². The smallest absolute Gasteiger partial charge is 0.263 e. The van der Waals surface area contributed by atoms with Crippen LogP contribution >= 0.6 is 0 Å². The van der Waals surface area contributed by atoms with Crippen molar-refractivity contribution in [2.75, 3.05) is 6.26 Å². The lowest BCUT2D eigenvalue weighted by Crippen LogP contribution is -2.21. The molecule has 0 amide bonds. The molecule has 0 saturated heterocycles. The van der Waals surface area contributed by atoms with Gasteiger partial charge in [0.1, 0.15) is 0 Å². The summed E-state index contributed by atoms with van der Waals surface area (Å²) in [6, 6.07) is 9.83. The van der Waals surface area contributed by atoms with Crippen LogP contribution in [0.25, 0.3) is 0 Å². The Kier molecular flexibility index (Phi) is 2.56. The SMILES string of the molecule is CS(=O)(=O)OC1(Cc2ccccc2)CC1. The van der Waals surface area contributed by atoms with E-state index in [-0.39, 0.29) is 0 Å². The second-order valence-corrected chi connectivity index (χ2v) is 5.71. The van der Waals surface area contributed by atoms with Crippen LogP contribution in [-0.4, -0.2) is 20.3 Å². The fourth-order valence-electron chi connectivity index (χ4n) is 1.72. The van der Waals surface area contributed by atoms with Crippen molar-refractivity contribution in [3.05, 3.63) is 35.9 Å². The van der Waals surface area contributed by atoms with Crippen molar-refractivity contribution in [3.63, 3.8) is 0 Å². The summed E-state index contributed by atoms with van der Waals surface area (Å²) in [7, 11) is -3.34. The Balaban J connectivity index is 2.07. The standard InChI is InChI=1S/C11H14O3S/c1-15(12,13)14-11(7-8-11)9-10-5-3-2-4-6-10/h2-6H,7-9H2,1H3. The molecule has 0 bridgehead atoms. The Morgan fingerprint density at radius 2 is 1.87 bits per heavy atom. The van der Waals surface area contributed by atoms with Crippen molar-refractivity contribution >= 4 is 10.1 Å². The molecule has 82 valence electrons. The highest BCUT2D eigenvalue weighted by Gasteiger charge is 2.46. The predicted molar refractivity (Wildman–Crippen MR) is 58.0 cm³/mol. The Hall–Kier alpha value is -0.870. The molecule has 1 fully saturated rings. The van der Waals surface area contributed by atoms with Crippen LogP contribution in [0.3, 0.4) is 0 Å². The van der Waals surface area contributed by atoms with Crippen LogP contribution in [0.2, 0.25) is 0 Å². The van der Waals surface area contributed by atoms with Crippen molar-refractivity contribution < 1.29 is 12.6 Å². The van der Waals surface area contributed by atoms with Gasteiger partial charge in [0.05, 0.1) is 11.9 Å². The van der Waals surface area contributed by atoms with Gasteiger partial charge in [0, 0.05) is 6.42 Å². The maximum absolute atomic E-state index is 11.1. The minimum atomic E-state index is -3.34. The molecule has 0 atom stereocenters. The summed E-state index contributed by atoms with van der Waals surface area (Å²) in [5.41, 5.74) is 0.674. The quantitative estimate of drug-likeness (QED) is 0.734. The van der Waals surface area contributed by atoms with E-state index in [9.17, 15) is 8.42 Å². The lowest BCUT2D eigenvalue weighted by molar-refractivity contribution is 0.190. The van der Waals surface area contributed by atoms with Crippen LogP contribution < -0.4 is 0 Å². The third-order valence-electron chi connectivity index (χ3n) is 2.50. The molecule has 0 radical (unpaired) electrons. The van der Waals surface area contributed by atoms with Crippen LogP contribution in [0.15, 0.2) is 30.3 Å².